The number of hydrogen-bond donors (Lipinski definition) is 1. The molecule has 208 valence electrons. The van der Waals surface area contributed by atoms with E-state index in [1.165, 1.54) is 4.31 Å². The molecule has 0 spiro atoms. The predicted octanol–water partition coefficient (Wildman–Crippen LogP) is 4.76. The van der Waals surface area contributed by atoms with Crippen molar-refractivity contribution in [3.8, 4) is 5.75 Å². The second-order valence-corrected chi connectivity index (χ2v) is 12.0. The molecule has 2 amide bonds. The Kier molecular flexibility index (Phi) is 10.8. The van der Waals surface area contributed by atoms with Crippen LogP contribution in [0.5, 0.6) is 5.75 Å². The van der Waals surface area contributed by atoms with Gasteiger partial charge in [0.2, 0.25) is 21.8 Å². The Balaban J connectivity index is 1.73. The largest absolute Gasteiger partial charge is 0.492 e. The number of amides is 2. The monoisotopic (exact) mass is 563 g/mol. The molecule has 3 rings (SSSR count). The summed E-state index contributed by atoms with van der Waals surface area (Å²) >= 11 is 6.03. The molecule has 0 aromatic heterocycles. The van der Waals surface area contributed by atoms with Gasteiger partial charge in [-0.2, -0.15) is 0 Å². The molecule has 38 heavy (non-hydrogen) atoms. The predicted molar refractivity (Wildman–Crippen MR) is 151 cm³/mol. The Morgan fingerprint density at radius 1 is 1.11 bits per heavy atom. The molecule has 2 aromatic carbocycles. The third kappa shape index (κ3) is 8.36. The van der Waals surface area contributed by atoms with Crippen LogP contribution in [-0.2, 0) is 26.2 Å². The number of carbonyl (C=O) groups is 2. The van der Waals surface area contributed by atoms with Gasteiger partial charge >= 0.3 is 0 Å². The molecule has 1 aliphatic rings. The summed E-state index contributed by atoms with van der Waals surface area (Å²) in [5.74, 6) is 0.0662. The third-order valence-corrected chi connectivity index (χ3v) is 8.15. The van der Waals surface area contributed by atoms with Gasteiger partial charge in [0, 0.05) is 30.6 Å². The number of para-hydroxylation sites is 2. The summed E-state index contributed by atoms with van der Waals surface area (Å²) in [5, 5.41) is 3.68. The zero-order valence-electron chi connectivity index (χ0n) is 22.4. The van der Waals surface area contributed by atoms with Crippen molar-refractivity contribution < 1.29 is 22.7 Å². The van der Waals surface area contributed by atoms with E-state index in [4.69, 9.17) is 16.3 Å². The first-order valence-electron chi connectivity index (χ1n) is 13.1. The smallest absolute Gasteiger partial charge is 0.242 e. The molecule has 0 heterocycles. The summed E-state index contributed by atoms with van der Waals surface area (Å²) < 4.78 is 32.2. The minimum Gasteiger partial charge on any atom is -0.492 e. The summed E-state index contributed by atoms with van der Waals surface area (Å²) in [6.45, 7) is 4.32. The molecule has 1 N–H and O–H groups in total. The first-order valence-corrected chi connectivity index (χ1v) is 15.4. The highest BCUT2D eigenvalue weighted by atomic mass is 35.5. The van der Waals surface area contributed by atoms with E-state index in [0.29, 0.717) is 23.1 Å². The molecular formula is C28H38ClN3O5S. The van der Waals surface area contributed by atoms with Crippen molar-refractivity contribution in [3.63, 3.8) is 0 Å². The van der Waals surface area contributed by atoms with Gasteiger partial charge in [-0.15, -0.1) is 0 Å². The van der Waals surface area contributed by atoms with E-state index in [2.05, 4.69) is 5.32 Å². The van der Waals surface area contributed by atoms with Gasteiger partial charge in [-0.1, -0.05) is 48.7 Å². The molecule has 0 unspecified atom stereocenters. The van der Waals surface area contributed by atoms with Crippen LogP contribution in [0.25, 0.3) is 0 Å². The fraction of sp³-hybridized carbons (Fsp3) is 0.500. The lowest BCUT2D eigenvalue weighted by Crippen LogP contribution is -2.49. The van der Waals surface area contributed by atoms with E-state index in [0.717, 1.165) is 37.5 Å². The summed E-state index contributed by atoms with van der Waals surface area (Å²) in [4.78, 5) is 28.1. The minimum absolute atomic E-state index is 0.0808. The first-order chi connectivity index (χ1) is 18.1. The zero-order chi connectivity index (χ0) is 27.7. The molecule has 10 heteroatoms. The molecule has 1 aliphatic carbocycles. The van der Waals surface area contributed by atoms with Crippen LogP contribution in [0.15, 0.2) is 48.5 Å². The highest BCUT2D eigenvalue weighted by Gasteiger charge is 2.29. The molecule has 0 bridgehead atoms. The summed E-state index contributed by atoms with van der Waals surface area (Å²) in [6.07, 6.45) is 5.59. The maximum Gasteiger partial charge on any atom is 0.242 e. The Morgan fingerprint density at radius 3 is 2.39 bits per heavy atom. The van der Waals surface area contributed by atoms with Crippen molar-refractivity contribution in [2.75, 3.05) is 23.7 Å². The van der Waals surface area contributed by atoms with Crippen LogP contribution < -0.4 is 14.4 Å². The van der Waals surface area contributed by atoms with Crippen LogP contribution in [0.1, 0.15) is 57.9 Å². The molecule has 1 atom stereocenters. The Bertz CT molecular complexity index is 1180. The number of rotatable bonds is 13. The van der Waals surface area contributed by atoms with Crippen LogP contribution in [0.2, 0.25) is 5.02 Å². The van der Waals surface area contributed by atoms with E-state index < -0.39 is 16.1 Å². The highest BCUT2D eigenvalue weighted by Crippen LogP contribution is 2.30. The fourth-order valence-corrected chi connectivity index (χ4v) is 5.78. The van der Waals surface area contributed by atoms with Crippen LogP contribution in [0, 0.1) is 0 Å². The number of ether oxygens (including phenoxy) is 1. The SMILES string of the molecule is CCOc1ccccc1N(CCCC(=O)N(Cc1ccc(Cl)cc1)[C@@H](C)C(=O)NC1CCCC1)S(C)(=O)=O. The number of hydrogen-bond acceptors (Lipinski definition) is 5. The number of nitrogens with one attached hydrogen (secondary N) is 1. The van der Waals surface area contributed by atoms with Crippen molar-refractivity contribution in [2.45, 2.75) is 71.0 Å². The number of halogens is 1. The average Bonchev–Trinajstić information content (AvgIpc) is 3.39. The maximum absolute atomic E-state index is 13.5. The lowest BCUT2D eigenvalue weighted by Gasteiger charge is -2.30. The molecule has 0 radical (unpaired) electrons. The number of carbonyl (C=O) groups excluding carboxylic acids is 2. The second-order valence-electron chi connectivity index (χ2n) is 9.65. The van der Waals surface area contributed by atoms with Crippen molar-refractivity contribution in [1.29, 1.82) is 0 Å². The van der Waals surface area contributed by atoms with Crippen LogP contribution in [0.3, 0.4) is 0 Å². The summed E-state index contributed by atoms with van der Waals surface area (Å²) in [6, 6.07) is 13.6. The molecule has 0 aliphatic heterocycles. The van der Waals surface area contributed by atoms with Crippen molar-refractivity contribution in [2.24, 2.45) is 0 Å². The Hall–Kier alpha value is -2.78. The second kappa shape index (κ2) is 13.8. The van der Waals surface area contributed by atoms with Gasteiger partial charge in [0.05, 0.1) is 18.6 Å². The maximum atomic E-state index is 13.5. The van der Waals surface area contributed by atoms with Gasteiger partial charge in [0.15, 0.2) is 0 Å². The van der Waals surface area contributed by atoms with Crippen LogP contribution >= 0.6 is 11.6 Å². The number of sulfonamides is 1. The van der Waals surface area contributed by atoms with Gasteiger partial charge < -0.3 is 15.0 Å². The van der Waals surface area contributed by atoms with Gasteiger partial charge in [0.25, 0.3) is 0 Å². The van der Waals surface area contributed by atoms with Crippen molar-refractivity contribution >= 4 is 39.1 Å². The van der Waals surface area contributed by atoms with E-state index in [1.54, 1.807) is 48.2 Å². The summed E-state index contributed by atoms with van der Waals surface area (Å²) in [7, 11) is -3.62. The Morgan fingerprint density at radius 2 is 1.76 bits per heavy atom. The molecular weight excluding hydrogens is 526 g/mol. The number of nitrogens with zero attached hydrogens (tertiary/aromatic N) is 2. The Labute approximate surface area is 231 Å². The lowest BCUT2D eigenvalue weighted by atomic mass is 10.1. The molecule has 2 aromatic rings. The molecule has 0 saturated heterocycles. The molecule has 1 fully saturated rings. The van der Waals surface area contributed by atoms with Crippen LogP contribution in [-0.4, -0.2) is 56.6 Å². The van der Waals surface area contributed by atoms with E-state index in [-0.39, 0.29) is 43.8 Å². The van der Waals surface area contributed by atoms with Crippen molar-refractivity contribution in [1.82, 2.24) is 10.2 Å². The topological polar surface area (TPSA) is 96.0 Å². The van der Waals surface area contributed by atoms with E-state index in [1.807, 2.05) is 19.1 Å². The minimum atomic E-state index is -3.62. The standard InChI is InChI=1S/C28H38ClN3O5S/c1-4-37-26-13-8-7-12-25(26)32(38(3,35)36)19-9-14-27(33)31(20-22-15-17-23(29)18-16-22)21(2)28(34)30-24-10-5-6-11-24/h7-8,12-13,15-18,21,24H,4-6,9-11,14,19-20H2,1-3H3,(H,30,34)/t21-/m0/s1. The molecule has 8 nitrogen and oxygen atoms in total. The lowest BCUT2D eigenvalue weighted by molar-refractivity contribution is -0.141. The summed E-state index contributed by atoms with van der Waals surface area (Å²) in [5.41, 5.74) is 1.29. The van der Waals surface area contributed by atoms with Gasteiger partial charge in [-0.25, -0.2) is 8.42 Å². The quantitative estimate of drug-likeness (QED) is 0.379. The molecule has 1 saturated carbocycles. The highest BCUT2D eigenvalue weighted by molar-refractivity contribution is 7.92. The van der Waals surface area contributed by atoms with E-state index >= 15 is 0 Å². The normalized spacial score (nSPS) is 14.6. The van der Waals surface area contributed by atoms with E-state index in [9.17, 15) is 18.0 Å². The average molecular weight is 564 g/mol. The van der Waals surface area contributed by atoms with Crippen molar-refractivity contribution in [3.05, 3.63) is 59.1 Å². The number of anilines is 1. The third-order valence-electron chi connectivity index (χ3n) is 6.72. The first kappa shape index (κ1) is 29.8. The van der Waals surface area contributed by atoms with Gasteiger partial charge in [-0.05, 0) is 62.9 Å². The van der Waals surface area contributed by atoms with Gasteiger partial charge in [-0.3, -0.25) is 13.9 Å². The number of benzene rings is 2. The fourth-order valence-electron chi connectivity index (χ4n) is 4.68. The van der Waals surface area contributed by atoms with Gasteiger partial charge in [0.1, 0.15) is 11.8 Å². The zero-order valence-corrected chi connectivity index (χ0v) is 23.9. The van der Waals surface area contributed by atoms with Crippen LogP contribution in [0.4, 0.5) is 5.69 Å².